The van der Waals surface area contributed by atoms with Crippen molar-refractivity contribution >= 4 is 17.3 Å². The molecule has 0 unspecified atom stereocenters. The number of rotatable bonds is 7. The highest BCUT2D eigenvalue weighted by Gasteiger charge is 2.34. The maximum atomic E-state index is 11.1. The first-order chi connectivity index (χ1) is 10.9. The van der Waals surface area contributed by atoms with Crippen molar-refractivity contribution in [3.05, 3.63) is 33.9 Å². The van der Waals surface area contributed by atoms with Crippen LogP contribution in [0.2, 0.25) is 0 Å². The summed E-state index contributed by atoms with van der Waals surface area (Å²) in [5.41, 5.74) is 0.624. The normalized spacial score (nSPS) is 19.7. The first kappa shape index (κ1) is 16.7. The van der Waals surface area contributed by atoms with Crippen LogP contribution in [0.4, 0.5) is 11.4 Å². The summed E-state index contributed by atoms with van der Waals surface area (Å²) >= 11 is 0. The third kappa shape index (κ3) is 3.96. The van der Waals surface area contributed by atoms with Crippen LogP contribution >= 0.6 is 0 Å². The van der Waals surface area contributed by atoms with Gasteiger partial charge in [0, 0.05) is 18.2 Å². The third-order valence-electron chi connectivity index (χ3n) is 4.06. The first-order valence-corrected chi connectivity index (χ1v) is 7.35. The molecular weight excluding hydrogens is 300 g/mol. The van der Waals surface area contributed by atoms with Crippen molar-refractivity contribution in [3.63, 3.8) is 0 Å². The minimum absolute atomic E-state index is 0.00203. The van der Waals surface area contributed by atoms with Crippen LogP contribution in [0.15, 0.2) is 18.2 Å². The lowest BCUT2D eigenvalue weighted by molar-refractivity contribution is -0.384. The van der Waals surface area contributed by atoms with E-state index in [1.54, 1.807) is 0 Å². The number of nitrogens with one attached hydrogen (secondary N) is 1. The molecule has 1 aromatic carbocycles. The van der Waals surface area contributed by atoms with Gasteiger partial charge in [0.2, 0.25) is 0 Å². The largest absolute Gasteiger partial charge is 0.480 e. The molecule has 23 heavy (non-hydrogen) atoms. The number of anilines is 1. The molecule has 1 aliphatic rings. The lowest BCUT2D eigenvalue weighted by Gasteiger charge is -2.42. The van der Waals surface area contributed by atoms with E-state index in [0.717, 1.165) is 12.8 Å². The number of carboxylic acid groups (broad SMARTS) is 1. The van der Waals surface area contributed by atoms with E-state index in [2.05, 4.69) is 5.32 Å². The minimum Gasteiger partial charge on any atom is -0.480 e. The highest BCUT2D eigenvalue weighted by Crippen LogP contribution is 2.32. The van der Waals surface area contributed by atoms with Crippen LogP contribution in [-0.2, 0) is 4.79 Å². The lowest BCUT2D eigenvalue weighted by atomic mass is 9.85. The van der Waals surface area contributed by atoms with Gasteiger partial charge in [-0.1, -0.05) is 6.92 Å². The SMILES string of the molecule is CCN(CC(=O)O)C1CC(Nc2cc(C#N)ccc2[N+](=O)[O-])C1. The van der Waals surface area contributed by atoms with Crippen LogP contribution in [0.25, 0.3) is 0 Å². The maximum absolute atomic E-state index is 11.1. The molecule has 0 radical (unpaired) electrons. The number of nitrogens with zero attached hydrogens (tertiary/aromatic N) is 3. The van der Waals surface area contributed by atoms with E-state index in [1.807, 2.05) is 17.9 Å². The molecule has 1 fully saturated rings. The molecule has 0 saturated heterocycles. The Morgan fingerprint density at radius 1 is 1.57 bits per heavy atom. The average molecular weight is 318 g/mol. The predicted molar refractivity (Wildman–Crippen MR) is 83.1 cm³/mol. The van der Waals surface area contributed by atoms with Gasteiger partial charge in [0.1, 0.15) is 5.69 Å². The Bertz CT molecular complexity index is 649. The molecule has 0 heterocycles. The molecular formula is C15H18N4O4. The number of hydrogen-bond donors (Lipinski definition) is 2. The van der Waals surface area contributed by atoms with Gasteiger partial charge in [-0.15, -0.1) is 0 Å². The first-order valence-electron chi connectivity index (χ1n) is 7.35. The van der Waals surface area contributed by atoms with E-state index in [-0.39, 0.29) is 24.3 Å². The van der Waals surface area contributed by atoms with Gasteiger partial charge in [-0.2, -0.15) is 5.26 Å². The second-order valence-electron chi connectivity index (χ2n) is 5.52. The van der Waals surface area contributed by atoms with Crippen molar-refractivity contribution in [3.8, 4) is 6.07 Å². The van der Waals surface area contributed by atoms with E-state index in [4.69, 9.17) is 10.4 Å². The van der Waals surface area contributed by atoms with Crippen LogP contribution in [-0.4, -0.2) is 46.1 Å². The number of carbonyl (C=O) groups is 1. The Kier molecular flexibility index (Phi) is 5.13. The summed E-state index contributed by atoms with van der Waals surface area (Å²) < 4.78 is 0. The Morgan fingerprint density at radius 2 is 2.26 bits per heavy atom. The molecule has 2 N–H and O–H groups in total. The van der Waals surface area contributed by atoms with Crippen molar-refractivity contribution in [1.29, 1.82) is 5.26 Å². The Balaban J connectivity index is 2.01. The van der Waals surface area contributed by atoms with Gasteiger partial charge >= 0.3 is 5.97 Å². The fraction of sp³-hybridized carbons (Fsp3) is 0.467. The van der Waals surface area contributed by atoms with Crippen LogP contribution in [0, 0.1) is 21.4 Å². The molecule has 0 aliphatic heterocycles. The quantitative estimate of drug-likeness (QED) is 0.581. The summed E-state index contributed by atoms with van der Waals surface area (Å²) in [4.78, 5) is 23.3. The number of hydrogen-bond acceptors (Lipinski definition) is 6. The number of likely N-dealkylation sites (N-methyl/N-ethyl adjacent to an activating group) is 1. The van der Waals surface area contributed by atoms with E-state index in [1.165, 1.54) is 18.2 Å². The number of aliphatic carboxylic acids is 1. The number of nitro groups is 1. The Morgan fingerprint density at radius 3 is 2.78 bits per heavy atom. The number of benzene rings is 1. The summed E-state index contributed by atoms with van der Waals surface area (Å²) in [6, 6.07) is 6.37. The molecule has 0 spiro atoms. The predicted octanol–water partition coefficient (Wildman–Crippen LogP) is 1.82. The van der Waals surface area contributed by atoms with Crippen LogP contribution in [0.5, 0.6) is 0 Å². The summed E-state index contributed by atoms with van der Waals surface area (Å²) in [6.07, 6.45) is 1.43. The van der Waals surface area contributed by atoms with Crippen molar-refractivity contribution in [2.75, 3.05) is 18.4 Å². The zero-order valence-electron chi connectivity index (χ0n) is 12.7. The van der Waals surface area contributed by atoms with Gasteiger partial charge in [0.15, 0.2) is 0 Å². The number of nitro benzene ring substituents is 1. The van der Waals surface area contributed by atoms with E-state index in [9.17, 15) is 14.9 Å². The van der Waals surface area contributed by atoms with Crippen molar-refractivity contribution in [2.24, 2.45) is 0 Å². The van der Waals surface area contributed by atoms with Gasteiger partial charge < -0.3 is 10.4 Å². The molecule has 0 amide bonds. The molecule has 122 valence electrons. The molecule has 1 aliphatic carbocycles. The summed E-state index contributed by atoms with van der Waals surface area (Å²) in [5, 5.41) is 32.0. The zero-order valence-corrected chi connectivity index (χ0v) is 12.7. The fourth-order valence-electron chi connectivity index (χ4n) is 2.78. The number of nitriles is 1. The molecule has 2 rings (SSSR count). The second-order valence-corrected chi connectivity index (χ2v) is 5.52. The molecule has 0 atom stereocenters. The fourth-order valence-corrected chi connectivity index (χ4v) is 2.78. The Labute approximate surface area is 133 Å². The number of carboxylic acids is 1. The van der Waals surface area contributed by atoms with Gasteiger partial charge in [0.25, 0.3) is 5.69 Å². The van der Waals surface area contributed by atoms with Crippen molar-refractivity contribution in [2.45, 2.75) is 31.8 Å². The molecule has 8 heteroatoms. The monoisotopic (exact) mass is 318 g/mol. The van der Waals surface area contributed by atoms with Gasteiger partial charge in [-0.25, -0.2) is 0 Å². The van der Waals surface area contributed by atoms with Crippen LogP contribution < -0.4 is 5.32 Å². The van der Waals surface area contributed by atoms with Gasteiger partial charge in [-0.05, 0) is 31.5 Å². The van der Waals surface area contributed by atoms with E-state index >= 15 is 0 Å². The Hall–Kier alpha value is -2.66. The van der Waals surface area contributed by atoms with Gasteiger partial charge in [0.05, 0.1) is 23.1 Å². The molecule has 8 nitrogen and oxygen atoms in total. The molecule has 1 saturated carbocycles. The second kappa shape index (κ2) is 7.07. The molecule has 0 aromatic heterocycles. The lowest BCUT2D eigenvalue weighted by Crippen LogP contribution is -2.51. The molecule has 1 aromatic rings. The highest BCUT2D eigenvalue weighted by molar-refractivity contribution is 5.69. The van der Waals surface area contributed by atoms with Gasteiger partial charge in [-0.3, -0.25) is 19.8 Å². The summed E-state index contributed by atoms with van der Waals surface area (Å²) in [6.45, 7) is 2.55. The minimum atomic E-state index is -0.861. The third-order valence-corrected chi connectivity index (χ3v) is 4.06. The summed E-state index contributed by atoms with van der Waals surface area (Å²) in [5.74, 6) is -0.861. The highest BCUT2D eigenvalue weighted by atomic mass is 16.6. The zero-order chi connectivity index (χ0) is 17.0. The smallest absolute Gasteiger partial charge is 0.317 e. The van der Waals surface area contributed by atoms with E-state index in [0.29, 0.717) is 17.8 Å². The van der Waals surface area contributed by atoms with Crippen LogP contribution in [0.1, 0.15) is 25.3 Å². The average Bonchev–Trinajstić information content (AvgIpc) is 2.47. The standard InChI is InChI=1S/C15H18N4O4/c1-2-18(9-15(20)21)12-6-11(7-12)17-13-5-10(8-16)3-4-14(13)19(22)23/h3-5,11-12,17H,2,6-7,9H2,1H3,(H,20,21). The van der Waals surface area contributed by atoms with Crippen molar-refractivity contribution < 1.29 is 14.8 Å². The topological polar surface area (TPSA) is 120 Å². The summed E-state index contributed by atoms with van der Waals surface area (Å²) in [7, 11) is 0. The maximum Gasteiger partial charge on any atom is 0.317 e. The van der Waals surface area contributed by atoms with Crippen molar-refractivity contribution in [1.82, 2.24) is 4.90 Å². The van der Waals surface area contributed by atoms with E-state index < -0.39 is 10.9 Å². The molecule has 0 bridgehead atoms. The van der Waals surface area contributed by atoms with Crippen LogP contribution in [0.3, 0.4) is 0 Å².